The quantitative estimate of drug-likeness (QED) is 0.449. The molecule has 0 radical (unpaired) electrons. The lowest BCUT2D eigenvalue weighted by Gasteiger charge is -2.30. The summed E-state index contributed by atoms with van der Waals surface area (Å²) >= 11 is 3.42. The zero-order valence-electron chi connectivity index (χ0n) is 19.1. The zero-order valence-corrected chi connectivity index (χ0v) is 20.7. The van der Waals surface area contributed by atoms with Crippen LogP contribution in [0.25, 0.3) is 11.4 Å². The van der Waals surface area contributed by atoms with Crippen LogP contribution in [0, 0.1) is 5.92 Å². The predicted molar refractivity (Wildman–Crippen MR) is 133 cm³/mol. The molecule has 0 unspecified atom stereocenters. The van der Waals surface area contributed by atoms with Crippen LogP contribution in [0.15, 0.2) is 57.5 Å². The van der Waals surface area contributed by atoms with Gasteiger partial charge in [-0.15, -0.1) is 0 Å². The Balaban J connectivity index is 1.29. The number of rotatable bonds is 8. The number of amides is 2. The van der Waals surface area contributed by atoms with E-state index in [2.05, 4.69) is 41.6 Å². The zero-order chi connectivity index (χ0) is 23.9. The summed E-state index contributed by atoms with van der Waals surface area (Å²) in [6, 6.07) is 14.9. The number of nitrogens with one attached hydrogen (secondary N) is 2. The molecule has 2 heterocycles. The van der Waals surface area contributed by atoms with Gasteiger partial charge in [-0.2, -0.15) is 4.98 Å². The number of likely N-dealkylation sites (tertiary alicyclic amines) is 1. The fourth-order valence-corrected chi connectivity index (χ4v) is 4.20. The minimum Gasteiger partial charge on any atom is -0.352 e. The van der Waals surface area contributed by atoms with Gasteiger partial charge in [0.1, 0.15) is 0 Å². The Morgan fingerprint density at radius 1 is 1.12 bits per heavy atom. The Kier molecular flexibility index (Phi) is 8.08. The van der Waals surface area contributed by atoms with Crippen molar-refractivity contribution < 1.29 is 14.1 Å². The molecule has 2 N–H and O–H groups in total. The lowest BCUT2D eigenvalue weighted by atomic mass is 9.95. The Morgan fingerprint density at radius 3 is 2.59 bits per heavy atom. The first-order valence-corrected chi connectivity index (χ1v) is 12.3. The second kappa shape index (κ2) is 11.4. The minimum absolute atomic E-state index is 0.0503. The predicted octanol–water partition coefficient (Wildman–Crippen LogP) is 4.49. The normalized spacial score (nSPS) is 14.6. The molecular formula is C25H28BrN5O3. The largest absolute Gasteiger partial charge is 0.352 e. The molecule has 2 aromatic carbocycles. The van der Waals surface area contributed by atoms with Crippen LogP contribution < -0.4 is 10.6 Å². The summed E-state index contributed by atoms with van der Waals surface area (Å²) in [4.78, 5) is 32.0. The summed E-state index contributed by atoms with van der Waals surface area (Å²) in [5, 5.41) is 9.92. The summed E-state index contributed by atoms with van der Waals surface area (Å²) in [7, 11) is 0. The smallest absolute Gasteiger partial charge is 0.253 e. The Bertz CT molecular complexity index is 1120. The molecule has 0 saturated carbocycles. The molecule has 1 aliphatic heterocycles. The van der Waals surface area contributed by atoms with Crippen LogP contribution in [0.3, 0.4) is 0 Å². The molecule has 4 rings (SSSR count). The number of hydrogen-bond acceptors (Lipinski definition) is 6. The molecule has 3 aromatic rings. The van der Waals surface area contributed by atoms with Crippen molar-refractivity contribution in [1.29, 1.82) is 0 Å². The van der Waals surface area contributed by atoms with Crippen LogP contribution in [0.1, 0.15) is 42.4 Å². The number of aromatic nitrogens is 2. The molecule has 9 heteroatoms. The van der Waals surface area contributed by atoms with Crippen molar-refractivity contribution in [2.75, 3.05) is 25.0 Å². The molecular weight excluding hydrogens is 498 g/mol. The van der Waals surface area contributed by atoms with Crippen molar-refractivity contribution in [3.63, 3.8) is 0 Å². The van der Waals surface area contributed by atoms with Crippen LogP contribution in [0.2, 0.25) is 0 Å². The highest BCUT2D eigenvalue weighted by Gasteiger charge is 2.27. The minimum atomic E-state index is -0.172. The number of carbonyl (C=O) groups is 2. The van der Waals surface area contributed by atoms with E-state index in [1.165, 1.54) is 0 Å². The summed E-state index contributed by atoms with van der Waals surface area (Å²) < 4.78 is 6.43. The summed E-state index contributed by atoms with van der Waals surface area (Å²) in [5.74, 6) is 0.801. The molecule has 0 aliphatic carbocycles. The second-order valence-corrected chi connectivity index (χ2v) is 9.28. The van der Waals surface area contributed by atoms with Gasteiger partial charge in [0.15, 0.2) is 0 Å². The molecule has 1 fully saturated rings. The summed E-state index contributed by atoms with van der Waals surface area (Å²) in [6.45, 7) is 4.67. The first-order valence-electron chi connectivity index (χ1n) is 11.5. The Labute approximate surface area is 207 Å². The number of benzene rings is 2. The van der Waals surface area contributed by atoms with Crippen molar-refractivity contribution in [3.05, 3.63) is 64.5 Å². The molecule has 0 atom stereocenters. The van der Waals surface area contributed by atoms with E-state index in [4.69, 9.17) is 4.52 Å². The molecule has 2 amide bonds. The van der Waals surface area contributed by atoms with Gasteiger partial charge in [-0.1, -0.05) is 40.1 Å². The second-order valence-electron chi connectivity index (χ2n) is 8.36. The molecule has 1 aromatic heterocycles. The maximum atomic E-state index is 12.9. The van der Waals surface area contributed by atoms with Crippen LogP contribution in [0.5, 0.6) is 0 Å². The van der Waals surface area contributed by atoms with Gasteiger partial charge in [-0.05, 0) is 68.8 Å². The van der Waals surface area contributed by atoms with E-state index in [0.29, 0.717) is 36.1 Å². The van der Waals surface area contributed by atoms with E-state index in [1.807, 2.05) is 37.3 Å². The van der Waals surface area contributed by atoms with Crippen molar-refractivity contribution >= 4 is 33.4 Å². The first kappa shape index (κ1) is 24.1. The van der Waals surface area contributed by atoms with Crippen LogP contribution in [0.4, 0.5) is 5.69 Å². The first-order chi connectivity index (χ1) is 16.5. The van der Waals surface area contributed by atoms with E-state index in [-0.39, 0.29) is 17.7 Å². The standard InChI is InChI=1S/C25H28BrN5O3/c1-2-13-27-25(33)20-5-3-4-6-21(20)28-24(32)18-11-14-31(15-12-18)16-22-29-23(30-34-22)17-7-9-19(26)10-8-17/h3-10,18H,2,11-16H2,1H3,(H,27,33)(H,28,32). The van der Waals surface area contributed by atoms with E-state index < -0.39 is 0 Å². The van der Waals surface area contributed by atoms with E-state index in [9.17, 15) is 9.59 Å². The average molecular weight is 526 g/mol. The van der Waals surface area contributed by atoms with Gasteiger partial charge in [0.25, 0.3) is 5.91 Å². The highest BCUT2D eigenvalue weighted by atomic mass is 79.9. The number of nitrogens with zero attached hydrogens (tertiary/aromatic N) is 3. The highest BCUT2D eigenvalue weighted by molar-refractivity contribution is 9.10. The number of anilines is 1. The lowest BCUT2D eigenvalue weighted by Crippen LogP contribution is -2.38. The number of hydrogen-bond donors (Lipinski definition) is 2. The molecule has 0 spiro atoms. The maximum absolute atomic E-state index is 12.9. The van der Waals surface area contributed by atoms with Crippen LogP contribution >= 0.6 is 15.9 Å². The highest BCUT2D eigenvalue weighted by Crippen LogP contribution is 2.24. The topological polar surface area (TPSA) is 100 Å². The summed E-state index contributed by atoms with van der Waals surface area (Å²) in [5.41, 5.74) is 1.94. The van der Waals surface area contributed by atoms with Crippen molar-refractivity contribution in [3.8, 4) is 11.4 Å². The fraction of sp³-hybridized carbons (Fsp3) is 0.360. The number of carbonyl (C=O) groups excluding carboxylic acids is 2. The molecule has 8 nitrogen and oxygen atoms in total. The number of piperidine rings is 1. The third-order valence-corrected chi connectivity index (χ3v) is 6.38. The van der Waals surface area contributed by atoms with Gasteiger partial charge in [-0.3, -0.25) is 14.5 Å². The van der Waals surface area contributed by atoms with E-state index >= 15 is 0 Å². The van der Waals surface area contributed by atoms with Gasteiger partial charge in [-0.25, -0.2) is 0 Å². The fourth-order valence-electron chi connectivity index (χ4n) is 3.94. The van der Waals surface area contributed by atoms with Gasteiger partial charge in [0, 0.05) is 22.5 Å². The molecule has 1 saturated heterocycles. The van der Waals surface area contributed by atoms with Crippen LogP contribution in [-0.2, 0) is 11.3 Å². The van der Waals surface area contributed by atoms with Gasteiger partial charge in [0.05, 0.1) is 17.8 Å². The van der Waals surface area contributed by atoms with E-state index in [1.54, 1.807) is 18.2 Å². The molecule has 0 bridgehead atoms. The maximum Gasteiger partial charge on any atom is 0.253 e. The van der Waals surface area contributed by atoms with Crippen molar-refractivity contribution in [2.24, 2.45) is 5.92 Å². The third kappa shape index (κ3) is 6.09. The Morgan fingerprint density at radius 2 is 1.85 bits per heavy atom. The number of halogens is 1. The van der Waals surface area contributed by atoms with Crippen molar-refractivity contribution in [2.45, 2.75) is 32.7 Å². The SMILES string of the molecule is CCCNC(=O)c1ccccc1NC(=O)C1CCN(Cc2nc(-c3ccc(Br)cc3)no2)CC1. The van der Waals surface area contributed by atoms with Gasteiger partial charge < -0.3 is 15.2 Å². The summed E-state index contributed by atoms with van der Waals surface area (Å²) in [6.07, 6.45) is 2.31. The molecule has 1 aliphatic rings. The molecule has 34 heavy (non-hydrogen) atoms. The number of para-hydroxylation sites is 1. The van der Waals surface area contributed by atoms with E-state index in [0.717, 1.165) is 42.4 Å². The molecule has 178 valence electrons. The average Bonchev–Trinajstić information content (AvgIpc) is 3.32. The Hall–Kier alpha value is -3.04. The monoisotopic (exact) mass is 525 g/mol. The van der Waals surface area contributed by atoms with Gasteiger partial charge in [0.2, 0.25) is 17.6 Å². The van der Waals surface area contributed by atoms with Crippen molar-refractivity contribution in [1.82, 2.24) is 20.4 Å². The van der Waals surface area contributed by atoms with Crippen LogP contribution in [-0.4, -0.2) is 46.5 Å². The third-order valence-electron chi connectivity index (χ3n) is 5.85. The lowest BCUT2D eigenvalue weighted by molar-refractivity contribution is -0.121. The van der Waals surface area contributed by atoms with Gasteiger partial charge >= 0.3 is 0 Å².